The number of hydrogen-bond acceptors (Lipinski definition) is 4. The van der Waals surface area contributed by atoms with Crippen LogP contribution in [0.3, 0.4) is 0 Å². The third-order valence-corrected chi connectivity index (χ3v) is 6.35. The fourth-order valence-electron chi connectivity index (χ4n) is 3.78. The highest BCUT2D eigenvalue weighted by atomic mass is 32.1. The summed E-state index contributed by atoms with van der Waals surface area (Å²) in [5.74, 6) is -0.0393. The van der Waals surface area contributed by atoms with Crippen molar-refractivity contribution in [3.8, 4) is 0 Å². The molecule has 1 aliphatic carbocycles. The maximum atomic E-state index is 13.4. The van der Waals surface area contributed by atoms with Crippen LogP contribution >= 0.6 is 11.3 Å². The van der Waals surface area contributed by atoms with Crippen LogP contribution in [-0.4, -0.2) is 20.6 Å². The van der Waals surface area contributed by atoms with Crippen molar-refractivity contribution in [1.82, 2.24) is 9.55 Å². The van der Waals surface area contributed by atoms with Crippen molar-refractivity contribution in [2.24, 2.45) is 0 Å². The quantitative estimate of drug-likeness (QED) is 0.734. The largest absolute Gasteiger partial charge is 0.478 e. The van der Waals surface area contributed by atoms with E-state index in [2.05, 4.69) is 0 Å². The molecule has 3 aromatic rings. The summed E-state index contributed by atoms with van der Waals surface area (Å²) in [7, 11) is 0. The molecule has 0 atom stereocenters. The highest BCUT2D eigenvalue weighted by molar-refractivity contribution is 7.18. The molecule has 2 aromatic heterocycles. The summed E-state index contributed by atoms with van der Waals surface area (Å²) in [6, 6.07) is 6.70. The Morgan fingerprint density at radius 1 is 1.22 bits per heavy atom. The average Bonchev–Trinajstić information content (AvgIpc) is 3.02. The number of carbonyl (C=O) groups is 1. The van der Waals surface area contributed by atoms with Crippen LogP contribution in [0.15, 0.2) is 29.1 Å². The highest BCUT2D eigenvalue weighted by Gasteiger charge is 2.23. The van der Waals surface area contributed by atoms with E-state index < -0.39 is 5.97 Å². The van der Waals surface area contributed by atoms with Crippen LogP contribution in [0.4, 0.5) is 0 Å². The number of nitrogens with zero attached hydrogens (tertiary/aromatic N) is 2. The van der Waals surface area contributed by atoms with Crippen molar-refractivity contribution in [3.63, 3.8) is 0 Å². The van der Waals surface area contributed by atoms with Gasteiger partial charge in [-0.25, -0.2) is 9.78 Å². The van der Waals surface area contributed by atoms with Crippen LogP contribution in [0.1, 0.15) is 64.8 Å². The first-order chi connectivity index (χ1) is 13.0. The van der Waals surface area contributed by atoms with Gasteiger partial charge in [0.1, 0.15) is 10.7 Å². The van der Waals surface area contributed by atoms with E-state index >= 15 is 0 Å². The molecule has 0 unspecified atom stereocenters. The summed E-state index contributed by atoms with van der Waals surface area (Å²) in [6.45, 7) is 4.50. The Balaban J connectivity index is 1.85. The fraction of sp³-hybridized carbons (Fsp3) is 0.381. The number of benzene rings is 1. The number of aromatic nitrogens is 2. The zero-order chi connectivity index (χ0) is 19.1. The third kappa shape index (κ3) is 3.18. The molecule has 2 heterocycles. The Morgan fingerprint density at radius 2 is 1.93 bits per heavy atom. The van der Waals surface area contributed by atoms with E-state index in [1.54, 1.807) is 40.2 Å². The van der Waals surface area contributed by atoms with E-state index in [9.17, 15) is 9.59 Å². The molecule has 0 aliphatic heterocycles. The van der Waals surface area contributed by atoms with Crippen LogP contribution in [0.5, 0.6) is 0 Å². The predicted octanol–water partition coefficient (Wildman–Crippen LogP) is 4.21. The molecule has 0 amide bonds. The second kappa shape index (κ2) is 6.93. The number of carboxylic acid groups (broad SMARTS) is 1. The number of thiophene rings is 1. The smallest absolute Gasteiger partial charge is 0.335 e. The summed E-state index contributed by atoms with van der Waals surface area (Å²) in [5, 5.41) is 9.86. The van der Waals surface area contributed by atoms with Gasteiger partial charge >= 0.3 is 5.97 Å². The molecule has 27 heavy (non-hydrogen) atoms. The minimum absolute atomic E-state index is 0.0328. The molecule has 4 rings (SSSR count). The molecule has 0 fully saturated rings. The van der Waals surface area contributed by atoms with Gasteiger partial charge < -0.3 is 5.11 Å². The van der Waals surface area contributed by atoms with E-state index in [0.29, 0.717) is 6.54 Å². The lowest BCUT2D eigenvalue weighted by atomic mass is 9.97. The molecule has 1 N–H and O–H groups in total. The van der Waals surface area contributed by atoms with Gasteiger partial charge in [0, 0.05) is 10.8 Å². The van der Waals surface area contributed by atoms with E-state index in [1.165, 1.54) is 16.9 Å². The lowest BCUT2D eigenvalue weighted by Gasteiger charge is -2.16. The number of fused-ring (bicyclic) bond motifs is 3. The summed E-state index contributed by atoms with van der Waals surface area (Å²) in [5.41, 5.74) is 2.37. The van der Waals surface area contributed by atoms with Gasteiger partial charge in [-0.1, -0.05) is 26.0 Å². The van der Waals surface area contributed by atoms with Gasteiger partial charge in [0.15, 0.2) is 0 Å². The number of rotatable bonds is 4. The van der Waals surface area contributed by atoms with E-state index in [-0.39, 0.29) is 17.0 Å². The minimum atomic E-state index is -0.949. The molecule has 0 saturated heterocycles. The Morgan fingerprint density at radius 3 is 2.59 bits per heavy atom. The zero-order valence-electron chi connectivity index (χ0n) is 15.5. The first-order valence-electron chi connectivity index (χ1n) is 9.33. The normalized spacial score (nSPS) is 13.9. The Bertz CT molecular complexity index is 1080. The third-order valence-electron chi connectivity index (χ3n) is 5.16. The van der Waals surface area contributed by atoms with Crippen molar-refractivity contribution in [3.05, 3.63) is 62.0 Å². The lowest BCUT2D eigenvalue weighted by molar-refractivity contribution is 0.0697. The summed E-state index contributed by atoms with van der Waals surface area (Å²) in [6.07, 6.45) is 4.31. The molecule has 6 heteroatoms. The average molecular weight is 382 g/mol. The van der Waals surface area contributed by atoms with E-state index in [4.69, 9.17) is 10.1 Å². The van der Waals surface area contributed by atoms with Crippen molar-refractivity contribution < 1.29 is 9.90 Å². The van der Waals surface area contributed by atoms with Gasteiger partial charge in [0.25, 0.3) is 5.56 Å². The Labute approximate surface area is 161 Å². The number of carboxylic acids is 1. The summed E-state index contributed by atoms with van der Waals surface area (Å²) >= 11 is 1.68. The maximum absolute atomic E-state index is 13.4. The first-order valence-corrected chi connectivity index (χ1v) is 10.1. The molecule has 140 valence electrons. The van der Waals surface area contributed by atoms with E-state index in [0.717, 1.165) is 40.9 Å². The molecule has 0 saturated carbocycles. The maximum Gasteiger partial charge on any atom is 0.335 e. The van der Waals surface area contributed by atoms with Crippen LogP contribution in [0.2, 0.25) is 0 Å². The molecule has 1 aromatic carbocycles. The second-order valence-electron chi connectivity index (χ2n) is 7.41. The Kier molecular flexibility index (Phi) is 4.60. The van der Waals surface area contributed by atoms with Gasteiger partial charge in [-0.15, -0.1) is 11.3 Å². The molecule has 1 aliphatic rings. The highest BCUT2D eigenvalue weighted by Crippen LogP contribution is 2.34. The summed E-state index contributed by atoms with van der Waals surface area (Å²) < 4.78 is 1.77. The van der Waals surface area contributed by atoms with Crippen molar-refractivity contribution in [1.29, 1.82) is 0 Å². The van der Waals surface area contributed by atoms with E-state index in [1.807, 2.05) is 13.8 Å². The number of hydrogen-bond donors (Lipinski definition) is 1. The van der Waals surface area contributed by atoms with Gasteiger partial charge in [-0.3, -0.25) is 9.36 Å². The number of aryl methyl sites for hydroxylation is 2. The molecule has 0 bridgehead atoms. The second-order valence-corrected chi connectivity index (χ2v) is 8.49. The van der Waals surface area contributed by atoms with Crippen molar-refractivity contribution >= 4 is 27.5 Å². The lowest BCUT2D eigenvalue weighted by Crippen LogP contribution is -2.27. The Hall–Kier alpha value is -2.47. The van der Waals surface area contributed by atoms with Gasteiger partial charge in [0.2, 0.25) is 0 Å². The molecular weight excluding hydrogens is 360 g/mol. The van der Waals surface area contributed by atoms with Crippen molar-refractivity contribution in [2.45, 2.75) is 52.0 Å². The van der Waals surface area contributed by atoms with Crippen LogP contribution in [0, 0.1) is 0 Å². The molecule has 5 nitrogen and oxygen atoms in total. The summed E-state index contributed by atoms with van der Waals surface area (Å²) in [4.78, 5) is 31.5. The van der Waals surface area contributed by atoms with Crippen LogP contribution in [0.25, 0.3) is 10.2 Å². The first kappa shape index (κ1) is 17.9. The zero-order valence-corrected chi connectivity index (χ0v) is 16.3. The van der Waals surface area contributed by atoms with Crippen LogP contribution < -0.4 is 5.56 Å². The SMILES string of the molecule is CC(C)c1nc2sc3c(c2c(=O)n1Cc1ccc(C(=O)O)cc1)CCCC3. The van der Waals surface area contributed by atoms with Gasteiger partial charge in [0.05, 0.1) is 17.5 Å². The topological polar surface area (TPSA) is 72.2 Å². The minimum Gasteiger partial charge on any atom is -0.478 e. The predicted molar refractivity (Wildman–Crippen MR) is 107 cm³/mol. The fourth-order valence-corrected chi connectivity index (χ4v) is 5.04. The standard InChI is InChI=1S/C21H22N2O3S/c1-12(2)18-22-19-17(15-5-3-4-6-16(15)27-19)20(24)23(18)11-13-7-9-14(10-8-13)21(25)26/h7-10,12H,3-6,11H2,1-2H3,(H,25,26). The van der Waals surface area contributed by atoms with Gasteiger partial charge in [-0.05, 0) is 48.9 Å². The molecule has 0 spiro atoms. The monoisotopic (exact) mass is 382 g/mol. The van der Waals surface area contributed by atoms with Crippen LogP contribution in [-0.2, 0) is 19.4 Å². The van der Waals surface area contributed by atoms with Crippen molar-refractivity contribution in [2.75, 3.05) is 0 Å². The number of aromatic carboxylic acids is 1. The molecular formula is C21H22N2O3S. The van der Waals surface area contributed by atoms with Gasteiger partial charge in [-0.2, -0.15) is 0 Å². The molecule has 0 radical (unpaired) electrons.